The van der Waals surface area contributed by atoms with Crippen molar-refractivity contribution in [3.05, 3.63) is 83.4 Å². The minimum absolute atomic E-state index is 0.294. The SMILES string of the molecule is COc1cc(/C=C2/OC(C)(C)CN3C2=NOC3(C)c2ccc(F)cc2)ccc1-n1cnc(C)c1. The Bertz CT molecular complexity index is 1300. The summed E-state index contributed by atoms with van der Waals surface area (Å²) in [6, 6.07) is 12.2. The average Bonchev–Trinajstić information content (AvgIpc) is 3.37. The lowest BCUT2D eigenvalue weighted by molar-refractivity contribution is -0.118. The molecule has 3 aromatic rings. The van der Waals surface area contributed by atoms with E-state index in [0.29, 0.717) is 23.9 Å². The smallest absolute Gasteiger partial charge is 0.234 e. The average molecular weight is 463 g/mol. The highest BCUT2D eigenvalue weighted by Crippen LogP contribution is 2.42. The van der Waals surface area contributed by atoms with E-state index in [1.165, 1.54) is 12.1 Å². The molecule has 0 radical (unpaired) electrons. The largest absolute Gasteiger partial charge is 0.495 e. The van der Waals surface area contributed by atoms with Gasteiger partial charge in [0.1, 0.15) is 17.2 Å². The Morgan fingerprint density at radius 2 is 1.88 bits per heavy atom. The van der Waals surface area contributed by atoms with Gasteiger partial charge in [-0.25, -0.2) is 9.37 Å². The van der Waals surface area contributed by atoms with Crippen LogP contribution >= 0.6 is 0 Å². The molecule has 2 aromatic carbocycles. The number of benzene rings is 2. The van der Waals surface area contributed by atoms with Gasteiger partial charge in [-0.1, -0.05) is 23.4 Å². The molecule has 0 saturated carbocycles. The van der Waals surface area contributed by atoms with Crippen LogP contribution in [-0.4, -0.2) is 39.5 Å². The minimum Gasteiger partial charge on any atom is -0.495 e. The lowest BCUT2D eigenvalue weighted by Crippen LogP contribution is -2.55. The molecule has 0 amide bonds. The molecule has 1 atom stereocenters. The third-order valence-electron chi connectivity index (χ3n) is 6.10. The van der Waals surface area contributed by atoms with Gasteiger partial charge in [0.25, 0.3) is 0 Å². The van der Waals surface area contributed by atoms with Gasteiger partial charge in [-0.05, 0) is 56.7 Å². The van der Waals surface area contributed by atoms with Crippen LogP contribution in [0, 0.1) is 12.7 Å². The van der Waals surface area contributed by atoms with Gasteiger partial charge in [-0.2, -0.15) is 0 Å². The summed E-state index contributed by atoms with van der Waals surface area (Å²) in [6.45, 7) is 8.47. The third kappa shape index (κ3) is 3.79. The summed E-state index contributed by atoms with van der Waals surface area (Å²) in [4.78, 5) is 12.3. The number of hydrogen-bond acceptors (Lipinski definition) is 6. The van der Waals surface area contributed by atoms with Gasteiger partial charge in [0, 0.05) is 18.7 Å². The molecule has 3 heterocycles. The van der Waals surface area contributed by atoms with Gasteiger partial charge in [-0.3, -0.25) is 0 Å². The van der Waals surface area contributed by atoms with Gasteiger partial charge in [-0.15, -0.1) is 0 Å². The first kappa shape index (κ1) is 22.0. The number of morpholine rings is 1. The highest BCUT2D eigenvalue weighted by molar-refractivity contribution is 6.01. The lowest BCUT2D eigenvalue weighted by atomic mass is 9.97. The lowest BCUT2D eigenvalue weighted by Gasteiger charge is -2.44. The second-order valence-electron chi connectivity index (χ2n) is 9.31. The van der Waals surface area contributed by atoms with Crippen molar-refractivity contribution in [2.45, 2.75) is 39.0 Å². The normalized spacial score (nSPS) is 22.1. The Labute approximate surface area is 198 Å². The van der Waals surface area contributed by atoms with Gasteiger partial charge < -0.3 is 23.8 Å². The molecule has 5 rings (SSSR count). The van der Waals surface area contributed by atoms with Gasteiger partial charge in [0.15, 0.2) is 5.76 Å². The van der Waals surface area contributed by atoms with E-state index in [0.717, 1.165) is 22.5 Å². The Morgan fingerprint density at radius 1 is 1.12 bits per heavy atom. The number of ether oxygens (including phenoxy) is 2. The molecule has 2 aliphatic rings. The highest BCUT2D eigenvalue weighted by atomic mass is 19.1. The van der Waals surface area contributed by atoms with Crippen LogP contribution in [0.4, 0.5) is 4.39 Å². The molecular weight excluding hydrogens is 435 g/mol. The van der Waals surface area contributed by atoms with E-state index in [4.69, 9.17) is 14.3 Å². The van der Waals surface area contributed by atoms with Crippen molar-refractivity contribution in [3.63, 3.8) is 0 Å². The standard InChI is InChI=1S/C26H27FN4O3/c1-17-14-30(16-28-17)21-11-6-18(12-22(21)32-5)13-23-24-29-34-26(4,19-7-9-20(27)10-8-19)31(24)15-25(2,3)33-23/h6-14,16H,15H2,1-5H3/b23-13+. The second kappa shape index (κ2) is 7.90. The number of aryl methyl sites for hydroxylation is 1. The number of oxime groups is 1. The molecule has 7 nitrogen and oxygen atoms in total. The maximum Gasteiger partial charge on any atom is 0.234 e. The maximum atomic E-state index is 13.5. The number of fused-ring (bicyclic) bond motifs is 1. The van der Waals surface area contributed by atoms with Gasteiger partial charge in [0.2, 0.25) is 11.6 Å². The first-order valence-electron chi connectivity index (χ1n) is 11.1. The predicted octanol–water partition coefficient (Wildman–Crippen LogP) is 5.00. The van der Waals surface area contributed by atoms with Crippen LogP contribution in [0.15, 0.2) is 65.9 Å². The van der Waals surface area contributed by atoms with Crippen LogP contribution in [0.3, 0.4) is 0 Å². The zero-order chi connectivity index (χ0) is 24.1. The van der Waals surface area contributed by atoms with Crippen LogP contribution < -0.4 is 4.74 Å². The van der Waals surface area contributed by atoms with E-state index in [1.54, 1.807) is 25.6 Å². The van der Waals surface area contributed by atoms with Crippen LogP contribution in [-0.2, 0) is 15.3 Å². The molecule has 0 spiro atoms. The number of amidine groups is 1. The van der Waals surface area contributed by atoms with Gasteiger partial charge in [0.05, 0.1) is 31.4 Å². The Kier molecular flexibility index (Phi) is 5.11. The number of methoxy groups -OCH3 is 1. The molecule has 2 aliphatic heterocycles. The summed E-state index contributed by atoms with van der Waals surface area (Å²) >= 11 is 0. The Hall–Kier alpha value is -3.81. The van der Waals surface area contributed by atoms with Crippen molar-refractivity contribution in [2.24, 2.45) is 5.16 Å². The van der Waals surface area contributed by atoms with Crippen molar-refractivity contribution in [3.8, 4) is 11.4 Å². The zero-order valence-corrected chi connectivity index (χ0v) is 19.9. The van der Waals surface area contributed by atoms with E-state index < -0.39 is 11.3 Å². The topological polar surface area (TPSA) is 61.1 Å². The third-order valence-corrected chi connectivity index (χ3v) is 6.10. The molecule has 1 unspecified atom stereocenters. The van der Waals surface area contributed by atoms with Crippen molar-refractivity contribution < 1.29 is 18.7 Å². The Morgan fingerprint density at radius 3 is 2.56 bits per heavy atom. The fourth-order valence-corrected chi connectivity index (χ4v) is 4.36. The molecule has 1 saturated heterocycles. The molecule has 1 fully saturated rings. The summed E-state index contributed by atoms with van der Waals surface area (Å²) in [5.74, 6) is 1.60. The molecule has 8 heteroatoms. The maximum absolute atomic E-state index is 13.5. The number of rotatable bonds is 4. The fourth-order valence-electron chi connectivity index (χ4n) is 4.36. The quantitative estimate of drug-likeness (QED) is 0.546. The predicted molar refractivity (Wildman–Crippen MR) is 127 cm³/mol. The summed E-state index contributed by atoms with van der Waals surface area (Å²) in [6.07, 6.45) is 5.64. The zero-order valence-electron chi connectivity index (χ0n) is 19.9. The van der Waals surface area contributed by atoms with E-state index in [-0.39, 0.29) is 5.82 Å². The summed E-state index contributed by atoms with van der Waals surface area (Å²) in [5.41, 5.74) is 2.15. The monoisotopic (exact) mass is 462 g/mol. The van der Waals surface area contributed by atoms with Crippen molar-refractivity contribution >= 4 is 11.9 Å². The number of halogens is 1. The van der Waals surface area contributed by atoms with E-state index >= 15 is 0 Å². The van der Waals surface area contributed by atoms with Crippen molar-refractivity contribution in [1.29, 1.82) is 0 Å². The number of hydrogen-bond donors (Lipinski definition) is 0. The van der Waals surface area contributed by atoms with Crippen molar-refractivity contribution in [1.82, 2.24) is 14.5 Å². The molecule has 0 aliphatic carbocycles. The number of nitrogens with zero attached hydrogens (tertiary/aromatic N) is 4. The fraction of sp³-hybridized carbons (Fsp3) is 0.308. The first-order chi connectivity index (χ1) is 16.2. The van der Waals surface area contributed by atoms with E-state index in [9.17, 15) is 4.39 Å². The second-order valence-corrected chi connectivity index (χ2v) is 9.31. The first-order valence-corrected chi connectivity index (χ1v) is 11.1. The van der Waals surface area contributed by atoms with Crippen LogP contribution in [0.5, 0.6) is 5.75 Å². The van der Waals surface area contributed by atoms with Crippen LogP contribution in [0.25, 0.3) is 11.8 Å². The molecule has 1 aromatic heterocycles. The molecule has 34 heavy (non-hydrogen) atoms. The van der Waals surface area contributed by atoms with E-state index in [1.807, 2.05) is 62.7 Å². The summed E-state index contributed by atoms with van der Waals surface area (Å²) in [7, 11) is 1.64. The molecule has 0 N–H and O–H groups in total. The minimum atomic E-state index is -0.871. The van der Waals surface area contributed by atoms with Crippen LogP contribution in [0.2, 0.25) is 0 Å². The van der Waals surface area contributed by atoms with Crippen LogP contribution in [0.1, 0.15) is 37.6 Å². The molecular formula is C26H27FN4O3. The van der Waals surface area contributed by atoms with E-state index in [2.05, 4.69) is 15.0 Å². The van der Waals surface area contributed by atoms with Gasteiger partial charge >= 0.3 is 0 Å². The number of imidazole rings is 1. The molecule has 0 bridgehead atoms. The summed E-state index contributed by atoms with van der Waals surface area (Å²) < 4.78 is 27.4. The molecule has 176 valence electrons. The summed E-state index contributed by atoms with van der Waals surface area (Å²) in [5, 5.41) is 4.38. The number of aromatic nitrogens is 2. The van der Waals surface area contributed by atoms with Crippen molar-refractivity contribution in [2.75, 3.05) is 13.7 Å². The Balaban J connectivity index is 1.51. The highest BCUT2D eigenvalue weighted by Gasteiger charge is 2.50.